The number of carbonyl (C=O) groups is 1. The molecule has 25 heavy (non-hydrogen) atoms. The Morgan fingerprint density at radius 3 is 2.72 bits per heavy atom. The van der Waals surface area contributed by atoms with Gasteiger partial charge in [0.25, 0.3) is 0 Å². The summed E-state index contributed by atoms with van der Waals surface area (Å²) in [5.74, 6) is -2.87. The summed E-state index contributed by atoms with van der Waals surface area (Å²) in [6.07, 6.45) is -0.653. The van der Waals surface area contributed by atoms with Gasteiger partial charge >= 0.3 is 0 Å². The van der Waals surface area contributed by atoms with Crippen molar-refractivity contribution in [2.75, 3.05) is 6.54 Å². The molecule has 1 aromatic carbocycles. The van der Waals surface area contributed by atoms with Crippen LogP contribution in [0.1, 0.15) is 24.1 Å². The molecule has 1 fully saturated rings. The topological polar surface area (TPSA) is 47.4 Å². The highest BCUT2D eigenvalue weighted by Crippen LogP contribution is 2.43. The van der Waals surface area contributed by atoms with E-state index in [1.54, 1.807) is 4.90 Å². The van der Waals surface area contributed by atoms with Crippen LogP contribution in [0.25, 0.3) is 0 Å². The molecule has 2 aromatic rings. The number of hydrogen-bond donors (Lipinski definition) is 0. The average Bonchev–Trinajstić information content (AvgIpc) is 3.00. The average molecular weight is 347 g/mol. The standard InChI is InChI=1S/C18H19F2N3O2/c19-18(20)9-14(10-18)17(24)22-6-7-23-15(11-22)8-16(21-23)25-12-13-4-2-1-3-5-13/h1-5,8,14H,6-7,9-12H2. The van der Waals surface area contributed by atoms with Crippen LogP contribution in [0.4, 0.5) is 8.78 Å². The van der Waals surface area contributed by atoms with Gasteiger partial charge in [-0.1, -0.05) is 30.3 Å². The van der Waals surface area contributed by atoms with Gasteiger partial charge in [-0.2, -0.15) is 0 Å². The van der Waals surface area contributed by atoms with Crippen molar-refractivity contribution < 1.29 is 18.3 Å². The third-order valence-electron chi connectivity index (χ3n) is 4.76. The van der Waals surface area contributed by atoms with Crippen LogP contribution in [0.3, 0.4) is 0 Å². The smallest absolute Gasteiger partial charge is 0.249 e. The minimum atomic E-state index is -2.67. The number of benzene rings is 1. The van der Waals surface area contributed by atoms with Crippen LogP contribution in [-0.2, 0) is 24.5 Å². The summed E-state index contributed by atoms with van der Waals surface area (Å²) in [7, 11) is 0. The molecule has 0 atom stereocenters. The number of rotatable bonds is 4. The van der Waals surface area contributed by atoms with E-state index in [-0.39, 0.29) is 18.7 Å². The van der Waals surface area contributed by atoms with Crippen LogP contribution in [-0.4, -0.2) is 33.1 Å². The molecule has 0 saturated heterocycles. The van der Waals surface area contributed by atoms with Crippen molar-refractivity contribution >= 4 is 5.91 Å². The van der Waals surface area contributed by atoms with E-state index in [9.17, 15) is 13.6 Å². The molecule has 1 amide bonds. The maximum atomic E-state index is 13.0. The lowest BCUT2D eigenvalue weighted by Gasteiger charge is -2.38. The Bertz CT molecular complexity index is 768. The number of fused-ring (bicyclic) bond motifs is 1. The lowest BCUT2D eigenvalue weighted by molar-refractivity contribution is -0.161. The second-order valence-electron chi connectivity index (χ2n) is 6.69. The van der Waals surface area contributed by atoms with Crippen LogP contribution >= 0.6 is 0 Å². The van der Waals surface area contributed by atoms with Gasteiger partial charge in [0.1, 0.15) is 6.61 Å². The highest BCUT2D eigenvalue weighted by atomic mass is 19.3. The van der Waals surface area contributed by atoms with Gasteiger partial charge in [-0.3, -0.25) is 9.48 Å². The van der Waals surface area contributed by atoms with Gasteiger partial charge in [-0.25, -0.2) is 8.78 Å². The van der Waals surface area contributed by atoms with Gasteiger partial charge in [-0.05, 0) is 5.56 Å². The van der Waals surface area contributed by atoms with Gasteiger partial charge in [0.05, 0.1) is 18.8 Å². The number of ether oxygens (including phenoxy) is 1. The van der Waals surface area contributed by atoms with Crippen molar-refractivity contribution in [1.82, 2.24) is 14.7 Å². The Kier molecular flexibility index (Phi) is 3.94. The summed E-state index contributed by atoms with van der Waals surface area (Å²) < 4.78 is 33.5. The van der Waals surface area contributed by atoms with Gasteiger partial charge < -0.3 is 9.64 Å². The van der Waals surface area contributed by atoms with Crippen molar-refractivity contribution in [3.8, 4) is 5.88 Å². The van der Waals surface area contributed by atoms with E-state index in [0.717, 1.165) is 11.3 Å². The van der Waals surface area contributed by atoms with Gasteiger partial charge in [0, 0.05) is 31.4 Å². The van der Waals surface area contributed by atoms with E-state index in [2.05, 4.69) is 5.10 Å². The summed E-state index contributed by atoms with van der Waals surface area (Å²) >= 11 is 0. The lowest BCUT2D eigenvalue weighted by Crippen LogP contribution is -2.48. The molecular formula is C18H19F2N3O2. The molecule has 5 nitrogen and oxygen atoms in total. The van der Waals surface area contributed by atoms with Crippen molar-refractivity contribution in [3.05, 3.63) is 47.7 Å². The van der Waals surface area contributed by atoms with Crippen molar-refractivity contribution in [1.29, 1.82) is 0 Å². The fraction of sp³-hybridized carbons (Fsp3) is 0.444. The first-order valence-electron chi connectivity index (χ1n) is 8.40. The molecule has 0 spiro atoms. The predicted molar refractivity (Wildman–Crippen MR) is 86.1 cm³/mol. The maximum absolute atomic E-state index is 13.0. The van der Waals surface area contributed by atoms with E-state index >= 15 is 0 Å². The highest BCUT2D eigenvalue weighted by molar-refractivity contribution is 5.80. The van der Waals surface area contributed by atoms with Crippen molar-refractivity contribution in [2.45, 2.75) is 38.5 Å². The minimum Gasteiger partial charge on any atom is -0.472 e. The summed E-state index contributed by atoms with van der Waals surface area (Å²) in [5.41, 5.74) is 1.92. The largest absolute Gasteiger partial charge is 0.472 e. The molecule has 1 aliphatic heterocycles. The van der Waals surface area contributed by atoms with E-state index < -0.39 is 11.8 Å². The summed E-state index contributed by atoms with van der Waals surface area (Å²) in [5, 5.41) is 4.40. The Balaban J connectivity index is 1.37. The second kappa shape index (κ2) is 6.13. The third-order valence-corrected chi connectivity index (χ3v) is 4.76. The maximum Gasteiger partial charge on any atom is 0.249 e. The number of nitrogens with zero attached hydrogens (tertiary/aromatic N) is 3. The lowest BCUT2D eigenvalue weighted by atomic mass is 9.80. The summed E-state index contributed by atoms with van der Waals surface area (Å²) in [6, 6.07) is 11.6. The zero-order valence-electron chi connectivity index (χ0n) is 13.7. The number of aromatic nitrogens is 2. The van der Waals surface area contributed by atoms with Gasteiger partial charge in [0.2, 0.25) is 17.7 Å². The molecule has 2 aliphatic rings. The number of carbonyl (C=O) groups excluding carboxylic acids is 1. The Morgan fingerprint density at radius 1 is 1.24 bits per heavy atom. The van der Waals surface area contributed by atoms with Crippen LogP contribution in [0.2, 0.25) is 0 Å². The van der Waals surface area contributed by atoms with E-state index in [1.165, 1.54) is 0 Å². The Hall–Kier alpha value is -2.44. The predicted octanol–water partition coefficient (Wildman–Crippen LogP) is 2.85. The third kappa shape index (κ3) is 3.36. The van der Waals surface area contributed by atoms with Crippen molar-refractivity contribution in [3.63, 3.8) is 0 Å². The zero-order chi connectivity index (χ0) is 17.4. The molecule has 4 rings (SSSR count). The molecule has 1 saturated carbocycles. The Labute approximate surface area is 144 Å². The fourth-order valence-corrected chi connectivity index (χ4v) is 3.32. The Morgan fingerprint density at radius 2 is 2.00 bits per heavy atom. The fourth-order valence-electron chi connectivity index (χ4n) is 3.32. The number of alkyl halides is 2. The first-order valence-corrected chi connectivity index (χ1v) is 8.40. The molecule has 7 heteroatoms. The quantitative estimate of drug-likeness (QED) is 0.854. The van der Waals surface area contributed by atoms with Crippen LogP contribution in [0.15, 0.2) is 36.4 Å². The molecule has 0 bridgehead atoms. The summed E-state index contributed by atoms with van der Waals surface area (Å²) in [6.45, 7) is 1.87. The molecule has 0 N–H and O–H groups in total. The first-order chi connectivity index (χ1) is 12.0. The highest BCUT2D eigenvalue weighted by Gasteiger charge is 2.50. The number of hydrogen-bond acceptors (Lipinski definition) is 3. The molecular weight excluding hydrogens is 328 g/mol. The summed E-state index contributed by atoms with van der Waals surface area (Å²) in [4.78, 5) is 14.0. The first kappa shape index (κ1) is 16.1. The molecule has 0 radical (unpaired) electrons. The van der Waals surface area contributed by atoms with Gasteiger partial charge in [0.15, 0.2) is 0 Å². The minimum absolute atomic E-state index is 0.176. The van der Waals surface area contributed by atoms with Crippen molar-refractivity contribution in [2.24, 2.45) is 5.92 Å². The SMILES string of the molecule is O=C(C1CC(F)(F)C1)N1CCn2nc(OCc3ccccc3)cc2C1. The van der Waals surface area contributed by atoms with E-state index in [1.807, 2.05) is 41.1 Å². The number of amides is 1. The van der Waals surface area contributed by atoms with E-state index in [4.69, 9.17) is 4.74 Å². The molecule has 0 unspecified atom stereocenters. The van der Waals surface area contributed by atoms with Crippen LogP contribution < -0.4 is 4.74 Å². The normalized spacial score (nSPS) is 19.2. The molecule has 1 aliphatic carbocycles. The zero-order valence-corrected chi connectivity index (χ0v) is 13.7. The molecule has 2 heterocycles. The van der Waals surface area contributed by atoms with Gasteiger partial charge in [-0.15, -0.1) is 5.10 Å². The second-order valence-corrected chi connectivity index (χ2v) is 6.69. The monoisotopic (exact) mass is 347 g/mol. The van der Waals surface area contributed by atoms with E-state index in [0.29, 0.717) is 32.1 Å². The number of halogens is 2. The molecule has 132 valence electrons. The van der Waals surface area contributed by atoms with Crippen LogP contribution in [0, 0.1) is 5.92 Å². The molecule has 1 aromatic heterocycles. The van der Waals surface area contributed by atoms with Crippen LogP contribution in [0.5, 0.6) is 5.88 Å².